The van der Waals surface area contributed by atoms with Gasteiger partial charge in [0.1, 0.15) is 0 Å². The minimum absolute atomic E-state index is 0.795. The lowest BCUT2D eigenvalue weighted by Crippen LogP contribution is -2.07. The number of hydrogen-bond acceptors (Lipinski definition) is 0. The fourth-order valence-electron chi connectivity index (χ4n) is 3.92. The molecular weight excluding hydrogens is 228 g/mol. The van der Waals surface area contributed by atoms with Crippen molar-refractivity contribution in [2.75, 3.05) is 0 Å². The zero-order valence-corrected chi connectivity index (χ0v) is 11.4. The summed E-state index contributed by atoms with van der Waals surface area (Å²) >= 11 is 0. The lowest BCUT2D eigenvalue weighted by Gasteiger charge is -2.26. The molecule has 0 aromatic heterocycles. The van der Waals surface area contributed by atoms with Crippen molar-refractivity contribution in [1.82, 2.24) is 0 Å². The van der Waals surface area contributed by atoms with Gasteiger partial charge in [-0.2, -0.15) is 0 Å². The Labute approximate surface area is 115 Å². The lowest BCUT2D eigenvalue weighted by atomic mass is 9.79. The fraction of sp³-hybridized carbons (Fsp3) is 0.368. The maximum atomic E-state index is 2.40. The topological polar surface area (TPSA) is 0 Å². The Morgan fingerprint density at radius 1 is 0.895 bits per heavy atom. The average Bonchev–Trinajstić information content (AvgIpc) is 2.49. The van der Waals surface area contributed by atoms with E-state index in [0.717, 1.165) is 12.3 Å². The van der Waals surface area contributed by atoms with E-state index in [-0.39, 0.29) is 0 Å². The highest BCUT2D eigenvalue weighted by Gasteiger charge is 2.20. The molecule has 0 radical (unpaired) electrons. The van der Waals surface area contributed by atoms with Gasteiger partial charge in [-0.25, -0.2) is 0 Å². The van der Waals surface area contributed by atoms with Gasteiger partial charge in [-0.15, -0.1) is 0 Å². The summed E-state index contributed by atoms with van der Waals surface area (Å²) in [5.74, 6) is 0.795. The first-order chi connectivity index (χ1) is 9.43. The number of allylic oxidation sites excluding steroid dienone is 1. The Morgan fingerprint density at radius 3 is 2.68 bits per heavy atom. The van der Waals surface area contributed by atoms with Crippen molar-refractivity contribution in [2.24, 2.45) is 0 Å². The molecule has 0 saturated heterocycles. The molecule has 0 aliphatic heterocycles. The molecule has 0 unspecified atom stereocenters. The van der Waals surface area contributed by atoms with Gasteiger partial charge in [0.2, 0.25) is 0 Å². The Hall–Kier alpha value is -1.56. The Bertz CT molecular complexity index is 642. The normalized spacial score (nSPS) is 18.9. The predicted molar refractivity (Wildman–Crippen MR) is 82.5 cm³/mol. The van der Waals surface area contributed by atoms with Crippen LogP contribution in [0, 0.1) is 0 Å². The Kier molecular flexibility index (Phi) is 2.69. The van der Waals surface area contributed by atoms with Crippen LogP contribution in [-0.2, 0) is 6.42 Å². The quantitative estimate of drug-likeness (QED) is 0.629. The largest absolute Gasteiger partial charge is 0.0795 e. The molecule has 0 N–H and O–H groups in total. The van der Waals surface area contributed by atoms with Crippen molar-refractivity contribution < 1.29 is 0 Å². The van der Waals surface area contributed by atoms with Crippen LogP contribution in [0.25, 0.3) is 16.8 Å². The fourth-order valence-corrected chi connectivity index (χ4v) is 3.92. The molecule has 19 heavy (non-hydrogen) atoms. The second-order valence-corrected chi connectivity index (χ2v) is 6.03. The summed E-state index contributed by atoms with van der Waals surface area (Å²) in [6.45, 7) is 0. The molecular formula is C19H20. The van der Waals surface area contributed by atoms with Crippen molar-refractivity contribution in [3.63, 3.8) is 0 Å². The number of rotatable bonds is 1. The summed E-state index contributed by atoms with van der Waals surface area (Å²) in [5.41, 5.74) is 4.63. The molecule has 0 amide bonds. The summed E-state index contributed by atoms with van der Waals surface area (Å²) in [6.07, 6.45) is 12.8. The first kappa shape index (κ1) is 11.3. The average molecular weight is 248 g/mol. The summed E-state index contributed by atoms with van der Waals surface area (Å²) in [5, 5.41) is 2.93. The number of benzene rings is 2. The molecule has 0 atom stereocenters. The maximum Gasteiger partial charge on any atom is -0.00734 e. The van der Waals surface area contributed by atoms with Gasteiger partial charge >= 0.3 is 0 Å². The van der Waals surface area contributed by atoms with E-state index in [1.807, 2.05) is 0 Å². The van der Waals surface area contributed by atoms with Gasteiger partial charge in [-0.3, -0.25) is 0 Å². The van der Waals surface area contributed by atoms with E-state index in [9.17, 15) is 0 Å². The van der Waals surface area contributed by atoms with E-state index in [1.54, 1.807) is 5.56 Å². The van der Waals surface area contributed by atoms with Crippen LogP contribution in [0.2, 0.25) is 0 Å². The SMILES string of the molecule is C1=Cc2c(C3CCCCC3)ccc3cccc(c23)C1. The maximum absolute atomic E-state index is 2.40. The van der Waals surface area contributed by atoms with Gasteiger partial charge < -0.3 is 0 Å². The van der Waals surface area contributed by atoms with Crippen molar-refractivity contribution in [2.45, 2.75) is 44.4 Å². The molecule has 96 valence electrons. The third-order valence-electron chi connectivity index (χ3n) is 4.87. The molecule has 2 aliphatic carbocycles. The predicted octanol–water partition coefficient (Wildman–Crippen LogP) is 5.46. The second kappa shape index (κ2) is 4.52. The minimum Gasteiger partial charge on any atom is -0.0795 e. The van der Waals surface area contributed by atoms with Crippen molar-refractivity contribution >= 4 is 16.8 Å². The van der Waals surface area contributed by atoms with Gasteiger partial charge in [-0.1, -0.05) is 61.7 Å². The van der Waals surface area contributed by atoms with E-state index in [4.69, 9.17) is 0 Å². The molecule has 2 aromatic rings. The van der Waals surface area contributed by atoms with Crippen LogP contribution in [0.15, 0.2) is 36.4 Å². The molecule has 1 saturated carbocycles. The molecule has 0 nitrogen and oxygen atoms in total. The van der Waals surface area contributed by atoms with E-state index in [2.05, 4.69) is 42.5 Å². The highest BCUT2D eigenvalue weighted by Crippen LogP contribution is 2.39. The summed E-state index contributed by atoms with van der Waals surface area (Å²) in [7, 11) is 0. The summed E-state index contributed by atoms with van der Waals surface area (Å²) in [6, 6.07) is 11.5. The zero-order valence-electron chi connectivity index (χ0n) is 11.4. The minimum atomic E-state index is 0.795. The van der Waals surface area contributed by atoms with Crippen LogP contribution in [0.5, 0.6) is 0 Å². The molecule has 4 rings (SSSR count). The molecule has 0 heteroatoms. The van der Waals surface area contributed by atoms with Gasteiger partial charge in [0.15, 0.2) is 0 Å². The van der Waals surface area contributed by atoms with Gasteiger partial charge in [0, 0.05) is 0 Å². The van der Waals surface area contributed by atoms with E-state index >= 15 is 0 Å². The van der Waals surface area contributed by atoms with Crippen molar-refractivity contribution in [3.8, 4) is 0 Å². The van der Waals surface area contributed by atoms with Crippen LogP contribution in [0.4, 0.5) is 0 Å². The van der Waals surface area contributed by atoms with Crippen LogP contribution in [0.1, 0.15) is 54.7 Å². The van der Waals surface area contributed by atoms with Gasteiger partial charge in [0.25, 0.3) is 0 Å². The molecule has 2 aromatic carbocycles. The first-order valence-corrected chi connectivity index (χ1v) is 7.64. The molecule has 2 aliphatic rings. The highest BCUT2D eigenvalue weighted by atomic mass is 14.2. The van der Waals surface area contributed by atoms with Gasteiger partial charge in [0.05, 0.1) is 0 Å². The van der Waals surface area contributed by atoms with E-state index in [0.29, 0.717) is 0 Å². The Balaban J connectivity index is 1.93. The van der Waals surface area contributed by atoms with Crippen molar-refractivity contribution in [3.05, 3.63) is 53.1 Å². The lowest BCUT2D eigenvalue weighted by molar-refractivity contribution is 0.443. The molecule has 0 bridgehead atoms. The monoisotopic (exact) mass is 248 g/mol. The second-order valence-electron chi connectivity index (χ2n) is 6.03. The summed E-state index contributed by atoms with van der Waals surface area (Å²) < 4.78 is 0. The molecule has 0 heterocycles. The van der Waals surface area contributed by atoms with Crippen LogP contribution in [0.3, 0.4) is 0 Å². The van der Waals surface area contributed by atoms with Crippen LogP contribution < -0.4 is 0 Å². The smallest absolute Gasteiger partial charge is 0.00734 e. The highest BCUT2D eigenvalue weighted by molar-refractivity contribution is 5.96. The zero-order chi connectivity index (χ0) is 12.7. The van der Waals surface area contributed by atoms with Gasteiger partial charge in [-0.05, 0) is 52.6 Å². The van der Waals surface area contributed by atoms with Crippen molar-refractivity contribution in [1.29, 1.82) is 0 Å². The van der Waals surface area contributed by atoms with E-state index in [1.165, 1.54) is 54.0 Å². The van der Waals surface area contributed by atoms with Crippen LogP contribution in [-0.4, -0.2) is 0 Å². The third-order valence-corrected chi connectivity index (χ3v) is 4.87. The standard InChI is InChI=1S/C19H20/c1-2-6-14(7-3-1)17-13-12-16-9-4-8-15-10-5-11-18(17)19(15)16/h4-5,8-9,11-14H,1-3,6-7,10H2. The molecule has 0 spiro atoms. The number of hydrogen-bond donors (Lipinski definition) is 0. The van der Waals surface area contributed by atoms with Crippen LogP contribution >= 0.6 is 0 Å². The molecule has 1 fully saturated rings. The van der Waals surface area contributed by atoms with E-state index < -0.39 is 0 Å². The third kappa shape index (κ3) is 1.82. The first-order valence-electron chi connectivity index (χ1n) is 7.64. The summed E-state index contributed by atoms with van der Waals surface area (Å²) in [4.78, 5) is 0. The Morgan fingerprint density at radius 2 is 1.79 bits per heavy atom.